The molecule has 5 rings (SSSR count). The van der Waals surface area contributed by atoms with Crippen molar-refractivity contribution in [1.29, 1.82) is 0 Å². The fourth-order valence-corrected chi connectivity index (χ4v) is 6.31. The molecule has 5 fully saturated rings. The monoisotopic (exact) mass is 402 g/mol. The number of rotatable bonds is 4. The highest BCUT2D eigenvalue weighted by atomic mass is 16.3. The Hall–Kier alpha value is -1.11. The van der Waals surface area contributed by atoms with E-state index < -0.39 is 5.60 Å². The average Bonchev–Trinajstić information content (AvgIpc) is 3.34. The van der Waals surface area contributed by atoms with Gasteiger partial charge in [-0.1, -0.05) is 6.58 Å². The number of amides is 1. The van der Waals surface area contributed by atoms with Crippen LogP contribution < -0.4 is 5.43 Å². The first-order chi connectivity index (χ1) is 14.0. The van der Waals surface area contributed by atoms with E-state index in [4.69, 9.17) is 0 Å². The van der Waals surface area contributed by atoms with Crippen molar-refractivity contribution >= 4 is 5.91 Å². The van der Waals surface area contributed by atoms with Crippen LogP contribution in [-0.4, -0.2) is 76.7 Å². The summed E-state index contributed by atoms with van der Waals surface area (Å²) in [5.41, 5.74) is 3.86. The second-order valence-corrected chi connectivity index (χ2v) is 10.3. The first-order valence-corrected chi connectivity index (χ1v) is 12.0. The summed E-state index contributed by atoms with van der Waals surface area (Å²) in [7, 11) is 0. The minimum absolute atomic E-state index is 0.0505. The maximum absolute atomic E-state index is 12.3. The summed E-state index contributed by atoms with van der Waals surface area (Å²) in [6.45, 7) is 10.1. The van der Waals surface area contributed by atoms with E-state index in [1.54, 1.807) is 0 Å². The first kappa shape index (κ1) is 19.8. The van der Waals surface area contributed by atoms with E-state index in [9.17, 15) is 9.90 Å². The number of fused-ring (bicyclic) bond motifs is 1. The van der Waals surface area contributed by atoms with Gasteiger partial charge in [-0.3, -0.25) is 10.2 Å². The molecule has 2 N–H and O–H groups in total. The van der Waals surface area contributed by atoms with Crippen molar-refractivity contribution in [3.63, 3.8) is 0 Å². The third-order valence-electron chi connectivity index (χ3n) is 8.54. The Morgan fingerprint density at radius 2 is 1.55 bits per heavy atom. The van der Waals surface area contributed by atoms with Gasteiger partial charge in [-0.2, -0.15) is 0 Å². The van der Waals surface area contributed by atoms with Gasteiger partial charge in [-0.15, -0.1) is 0 Å². The molecule has 0 aromatic rings. The van der Waals surface area contributed by atoms with Gasteiger partial charge < -0.3 is 14.9 Å². The number of carbonyl (C=O) groups is 1. The number of piperazine rings is 1. The Morgan fingerprint density at radius 1 is 0.897 bits per heavy atom. The molecule has 2 aliphatic carbocycles. The smallest absolute Gasteiger partial charge is 0.254 e. The summed E-state index contributed by atoms with van der Waals surface area (Å²) in [6, 6.07) is 0.800. The zero-order valence-corrected chi connectivity index (χ0v) is 17.8. The molecule has 2 unspecified atom stereocenters. The van der Waals surface area contributed by atoms with E-state index in [-0.39, 0.29) is 5.91 Å². The number of hydrogen-bond acceptors (Lipinski definition) is 5. The Balaban J connectivity index is 1.07. The molecule has 2 atom stereocenters. The van der Waals surface area contributed by atoms with Gasteiger partial charge in [0.15, 0.2) is 0 Å². The van der Waals surface area contributed by atoms with E-state index in [0.29, 0.717) is 18.8 Å². The molecule has 0 aromatic heterocycles. The van der Waals surface area contributed by atoms with E-state index in [1.807, 2.05) is 4.90 Å². The quantitative estimate of drug-likeness (QED) is 0.753. The van der Waals surface area contributed by atoms with Gasteiger partial charge in [-0.25, -0.2) is 5.01 Å². The summed E-state index contributed by atoms with van der Waals surface area (Å²) < 4.78 is 0. The highest BCUT2D eigenvalue weighted by molar-refractivity contribution is 5.87. The molecule has 2 saturated carbocycles. The van der Waals surface area contributed by atoms with Gasteiger partial charge in [0.05, 0.1) is 0 Å². The average molecular weight is 403 g/mol. The number of piperidine rings is 1. The molecule has 0 radical (unpaired) electrons. The van der Waals surface area contributed by atoms with Gasteiger partial charge in [0, 0.05) is 51.0 Å². The zero-order chi connectivity index (χ0) is 20.0. The van der Waals surface area contributed by atoms with Gasteiger partial charge >= 0.3 is 0 Å². The molecule has 0 aromatic carbocycles. The van der Waals surface area contributed by atoms with Crippen LogP contribution >= 0.6 is 0 Å². The lowest BCUT2D eigenvalue weighted by Crippen LogP contribution is -2.52. The topological polar surface area (TPSA) is 59.0 Å². The highest BCUT2D eigenvalue weighted by Gasteiger charge is 2.50. The van der Waals surface area contributed by atoms with Gasteiger partial charge in [-0.05, 0) is 75.5 Å². The molecule has 29 heavy (non-hydrogen) atoms. The summed E-state index contributed by atoms with van der Waals surface area (Å²) in [4.78, 5) is 16.6. The minimum Gasteiger partial charge on any atom is -0.380 e. The summed E-state index contributed by atoms with van der Waals surface area (Å²) in [5, 5.41) is 12.6. The fourth-order valence-electron chi connectivity index (χ4n) is 6.31. The van der Waals surface area contributed by atoms with Gasteiger partial charge in [0.2, 0.25) is 0 Å². The van der Waals surface area contributed by atoms with E-state index in [1.165, 1.54) is 63.7 Å². The number of aliphatic hydroxyl groups is 1. The maximum atomic E-state index is 12.3. The molecular formula is C23H38N4O2. The minimum atomic E-state index is -1.03. The number of nitrogens with zero attached hydrogens (tertiary/aromatic N) is 3. The molecule has 6 heteroatoms. The number of carbonyl (C=O) groups excluding carboxylic acids is 1. The third kappa shape index (κ3) is 3.96. The van der Waals surface area contributed by atoms with Crippen LogP contribution in [0.2, 0.25) is 0 Å². The molecule has 3 heterocycles. The van der Waals surface area contributed by atoms with Crippen molar-refractivity contribution in [1.82, 2.24) is 20.2 Å². The molecular weight excluding hydrogens is 364 g/mol. The van der Waals surface area contributed by atoms with Crippen LogP contribution in [0.5, 0.6) is 0 Å². The normalized spacial score (nSPS) is 37.3. The van der Waals surface area contributed by atoms with Crippen LogP contribution in [0.15, 0.2) is 12.3 Å². The molecule has 162 valence electrons. The van der Waals surface area contributed by atoms with Crippen molar-refractivity contribution in [2.24, 2.45) is 17.8 Å². The Kier molecular flexibility index (Phi) is 5.37. The third-order valence-corrected chi connectivity index (χ3v) is 8.54. The van der Waals surface area contributed by atoms with Gasteiger partial charge in [0.25, 0.3) is 5.91 Å². The Morgan fingerprint density at radius 3 is 2.24 bits per heavy atom. The van der Waals surface area contributed by atoms with E-state index >= 15 is 0 Å². The van der Waals surface area contributed by atoms with Crippen LogP contribution in [-0.2, 0) is 4.79 Å². The van der Waals surface area contributed by atoms with Crippen LogP contribution in [0, 0.1) is 17.8 Å². The Bertz CT molecular complexity index is 633. The number of hydrazine groups is 1. The van der Waals surface area contributed by atoms with Crippen molar-refractivity contribution in [2.45, 2.75) is 69.4 Å². The second-order valence-electron chi connectivity index (χ2n) is 10.3. The van der Waals surface area contributed by atoms with Crippen molar-refractivity contribution in [2.75, 3.05) is 39.3 Å². The molecule has 3 aliphatic heterocycles. The molecule has 6 nitrogen and oxygen atoms in total. The molecule has 3 saturated heterocycles. The van der Waals surface area contributed by atoms with Crippen molar-refractivity contribution in [3.8, 4) is 0 Å². The number of hydrogen-bond donors (Lipinski definition) is 2. The van der Waals surface area contributed by atoms with Crippen LogP contribution in [0.3, 0.4) is 0 Å². The number of allylic oxidation sites excluding steroid dienone is 1. The predicted octanol–water partition coefficient (Wildman–Crippen LogP) is 1.96. The van der Waals surface area contributed by atoms with Crippen molar-refractivity contribution < 1.29 is 9.90 Å². The Labute approximate surface area is 175 Å². The summed E-state index contributed by atoms with van der Waals surface area (Å²) >= 11 is 0. The lowest BCUT2D eigenvalue weighted by molar-refractivity contribution is -0.144. The molecule has 1 amide bonds. The number of nitrogens with one attached hydrogen (secondary N) is 1. The van der Waals surface area contributed by atoms with E-state index in [2.05, 4.69) is 21.9 Å². The molecule has 0 bridgehead atoms. The first-order valence-electron chi connectivity index (χ1n) is 12.0. The van der Waals surface area contributed by atoms with Gasteiger partial charge in [0.1, 0.15) is 5.60 Å². The predicted molar refractivity (Wildman–Crippen MR) is 113 cm³/mol. The largest absolute Gasteiger partial charge is 0.380 e. The molecule has 5 aliphatic rings. The maximum Gasteiger partial charge on any atom is 0.254 e. The second kappa shape index (κ2) is 7.86. The van der Waals surface area contributed by atoms with Crippen LogP contribution in [0.1, 0.15) is 57.8 Å². The van der Waals surface area contributed by atoms with Crippen LogP contribution in [0.25, 0.3) is 0 Å². The standard InChI is InChI=1S/C23H38N4O2/c1-17(25-12-14-26(15-13-25)22(28)23(29)9-10-23)18-2-4-19(5-3-18)20-6-7-21-8-11-24-27(21)16-20/h18-21,24,29H,1-16H2. The fraction of sp³-hybridized carbons (Fsp3) is 0.870. The SMILES string of the molecule is C=C(C1CCC(C2CCC3CCNN3C2)CC1)N1CCN(C(=O)C2(O)CC2)CC1. The summed E-state index contributed by atoms with van der Waals surface area (Å²) in [6.07, 6.45) is 10.6. The summed E-state index contributed by atoms with van der Waals surface area (Å²) in [5.74, 6) is 2.32. The lowest BCUT2D eigenvalue weighted by Gasteiger charge is -2.43. The van der Waals surface area contributed by atoms with Crippen molar-refractivity contribution in [3.05, 3.63) is 12.3 Å². The van der Waals surface area contributed by atoms with Crippen LogP contribution in [0.4, 0.5) is 0 Å². The highest BCUT2D eigenvalue weighted by Crippen LogP contribution is 2.41. The lowest BCUT2D eigenvalue weighted by atomic mass is 9.72. The van der Waals surface area contributed by atoms with E-state index in [0.717, 1.165) is 44.1 Å². The zero-order valence-electron chi connectivity index (χ0n) is 17.8. The molecule has 0 spiro atoms.